The number of rotatable bonds is 5. The predicted octanol–water partition coefficient (Wildman–Crippen LogP) is 2.81. The van der Waals surface area contributed by atoms with Gasteiger partial charge in [-0.15, -0.1) is 0 Å². The lowest BCUT2D eigenvalue weighted by atomic mass is 10.2. The Balaban J connectivity index is 2.56. The van der Waals surface area contributed by atoms with E-state index in [0.717, 1.165) is 6.42 Å². The van der Waals surface area contributed by atoms with Crippen LogP contribution in [0, 0.1) is 5.82 Å². The molecule has 3 nitrogen and oxygen atoms in total. The highest BCUT2D eigenvalue weighted by Crippen LogP contribution is 2.24. The third-order valence-corrected chi connectivity index (χ3v) is 2.77. The first-order valence-electron chi connectivity index (χ1n) is 5.51. The van der Waals surface area contributed by atoms with E-state index in [1.807, 2.05) is 13.8 Å². The Kier molecular flexibility index (Phi) is 5.38. The molecule has 0 saturated heterocycles. The summed E-state index contributed by atoms with van der Waals surface area (Å²) in [5.41, 5.74) is 0.0325. The van der Waals surface area contributed by atoms with Crippen molar-refractivity contribution in [2.75, 3.05) is 11.9 Å². The van der Waals surface area contributed by atoms with Crippen molar-refractivity contribution in [3.8, 4) is 0 Å². The number of carbonyl (C=O) groups is 1. The van der Waals surface area contributed by atoms with Crippen LogP contribution in [0.4, 0.5) is 10.1 Å². The maximum atomic E-state index is 13.4. The van der Waals surface area contributed by atoms with Crippen LogP contribution in [0.2, 0.25) is 5.02 Å². The SMILES string of the molecule is CCC(C)NCC(=O)Nc1c(F)cccc1Cl. The van der Waals surface area contributed by atoms with Crippen molar-refractivity contribution in [3.63, 3.8) is 0 Å². The van der Waals surface area contributed by atoms with Crippen molar-refractivity contribution in [2.45, 2.75) is 26.3 Å². The summed E-state index contributed by atoms with van der Waals surface area (Å²) in [4.78, 5) is 11.5. The number of nitrogens with one attached hydrogen (secondary N) is 2. The van der Waals surface area contributed by atoms with E-state index in [2.05, 4.69) is 10.6 Å². The minimum absolute atomic E-state index is 0.0325. The molecular formula is C12H16ClFN2O. The topological polar surface area (TPSA) is 41.1 Å². The Labute approximate surface area is 105 Å². The van der Waals surface area contributed by atoms with Gasteiger partial charge in [-0.2, -0.15) is 0 Å². The number of amides is 1. The molecule has 0 radical (unpaired) electrons. The monoisotopic (exact) mass is 258 g/mol. The van der Waals surface area contributed by atoms with Crippen molar-refractivity contribution in [2.24, 2.45) is 0 Å². The first-order chi connectivity index (χ1) is 8.04. The highest BCUT2D eigenvalue weighted by atomic mass is 35.5. The molecule has 1 amide bonds. The third-order valence-electron chi connectivity index (χ3n) is 2.45. The van der Waals surface area contributed by atoms with Crippen LogP contribution in [0.5, 0.6) is 0 Å². The first kappa shape index (κ1) is 13.9. The summed E-state index contributed by atoms with van der Waals surface area (Å²) in [6, 6.07) is 4.52. The van der Waals surface area contributed by atoms with Crippen LogP contribution in [0.15, 0.2) is 18.2 Å². The zero-order chi connectivity index (χ0) is 12.8. The van der Waals surface area contributed by atoms with Gasteiger partial charge in [0.15, 0.2) is 0 Å². The van der Waals surface area contributed by atoms with Crippen molar-refractivity contribution >= 4 is 23.2 Å². The fraction of sp³-hybridized carbons (Fsp3) is 0.417. The van der Waals surface area contributed by atoms with E-state index in [4.69, 9.17) is 11.6 Å². The van der Waals surface area contributed by atoms with E-state index in [0.29, 0.717) is 0 Å². The number of benzene rings is 1. The standard InChI is InChI=1S/C12H16ClFN2O/c1-3-8(2)15-7-11(17)16-12-9(13)5-4-6-10(12)14/h4-6,8,15H,3,7H2,1-2H3,(H,16,17). The number of carbonyl (C=O) groups excluding carboxylic acids is 1. The highest BCUT2D eigenvalue weighted by Gasteiger charge is 2.10. The van der Waals surface area contributed by atoms with E-state index >= 15 is 0 Å². The quantitative estimate of drug-likeness (QED) is 0.853. The van der Waals surface area contributed by atoms with Crippen LogP contribution in [0.25, 0.3) is 0 Å². The van der Waals surface area contributed by atoms with Gasteiger partial charge in [0, 0.05) is 6.04 Å². The molecule has 0 heterocycles. The van der Waals surface area contributed by atoms with Gasteiger partial charge >= 0.3 is 0 Å². The molecule has 1 atom stereocenters. The van der Waals surface area contributed by atoms with E-state index in [1.165, 1.54) is 18.2 Å². The van der Waals surface area contributed by atoms with Gasteiger partial charge in [0.2, 0.25) is 5.91 Å². The number of hydrogen-bond donors (Lipinski definition) is 2. The van der Waals surface area contributed by atoms with Crippen LogP contribution in [0.1, 0.15) is 20.3 Å². The second-order valence-electron chi connectivity index (χ2n) is 3.84. The van der Waals surface area contributed by atoms with Gasteiger partial charge in [-0.25, -0.2) is 4.39 Å². The van der Waals surface area contributed by atoms with Gasteiger partial charge in [0.1, 0.15) is 5.82 Å². The second kappa shape index (κ2) is 6.57. The fourth-order valence-electron chi connectivity index (χ4n) is 1.21. The average molecular weight is 259 g/mol. The Morgan fingerprint density at radius 1 is 1.53 bits per heavy atom. The number of hydrogen-bond acceptors (Lipinski definition) is 2. The summed E-state index contributed by atoms with van der Waals surface area (Å²) in [6.45, 7) is 4.13. The Bertz CT molecular complexity index is 378. The Morgan fingerprint density at radius 3 is 2.82 bits per heavy atom. The van der Waals surface area contributed by atoms with Crippen LogP contribution in [0.3, 0.4) is 0 Å². The fourth-order valence-corrected chi connectivity index (χ4v) is 1.42. The number of para-hydroxylation sites is 1. The molecule has 0 aliphatic heterocycles. The van der Waals surface area contributed by atoms with Gasteiger partial charge in [-0.3, -0.25) is 4.79 Å². The Hall–Kier alpha value is -1.13. The highest BCUT2D eigenvalue weighted by molar-refractivity contribution is 6.33. The summed E-state index contributed by atoms with van der Waals surface area (Å²) in [5, 5.41) is 5.66. The summed E-state index contributed by atoms with van der Waals surface area (Å²) < 4.78 is 13.4. The molecular weight excluding hydrogens is 243 g/mol. The molecule has 1 aromatic carbocycles. The molecule has 0 bridgehead atoms. The predicted molar refractivity (Wildman–Crippen MR) is 67.8 cm³/mol. The molecule has 0 aliphatic carbocycles. The van der Waals surface area contributed by atoms with Crippen LogP contribution in [-0.4, -0.2) is 18.5 Å². The zero-order valence-electron chi connectivity index (χ0n) is 9.89. The lowest BCUT2D eigenvalue weighted by molar-refractivity contribution is -0.115. The molecule has 1 unspecified atom stereocenters. The molecule has 0 saturated carbocycles. The molecule has 0 fully saturated rings. The van der Waals surface area contributed by atoms with Crippen molar-refractivity contribution in [3.05, 3.63) is 29.0 Å². The smallest absolute Gasteiger partial charge is 0.238 e. The maximum absolute atomic E-state index is 13.4. The average Bonchev–Trinajstić information content (AvgIpc) is 2.31. The maximum Gasteiger partial charge on any atom is 0.238 e. The summed E-state index contributed by atoms with van der Waals surface area (Å²) in [5.74, 6) is -0.841. The molecule has 5 heteroatoms. The second-order valence-corrected chi connectivity index (χ2v) is 4.24. The first-order valence-corrected chi connectivity index (χ1v) is 5.89. The van der Waals surface area contributed by atoms with Gasteiger partial charge in [0.25, 0.3) is 0 Å². The minimum atomic E-state index is -0.533. The third kappa shape index (κ3) is 4.32. The molecule has 0 aliphatic rings. The summed E-state index contributed by atoms with van der Waals surface area (Å²) in [6.07, 6.45) is 0.924. The molecule has 2 N–H and O–H groups in total. The largest absolute Gasteiger partial charge is 0.321 e. The summed E-state index contributed by atoms with van der Waals surface area (Å²) in [7, 11) is 0. The van der Waals surface area contributed by atoms with Crippen LogP contribution < -0.4 is 10.6 Å². The van der Waals surface area contributed by atoms with Gasteiger partial charge in [-0.1, -0.05) is 24.6 Å². The van der Waals surface area contributed by atoms with Crippen LogP contribution in [-0.2, 0) is 4.79 Å². The normalized spacial score (nSPS) is 12.2. The van der Waals surface area contributed by atoms with Crippen molar-refractivity contribution < 1.29 is 9.18 Å². The van der Waals surface area contributed by atoms with Gasteiger partial charge in [0.05, 0.1) is 17.3 Å². The van der Waals surface area contributed by atoms with Gasteiger partial charge in [-0.05, 0) is 25.5 Å². The number of anilines is 1. The van der Waals surface area contributed by atoms with E-state index in [9.17, 15) is 9.18 Å². The molecule has 1 rings (SSSR count). The molecule has 1 aromatic rings. The molecule has 0 aromatic heterocycles. The number of halogens is 2. The summed E-state index contributed by atoms with van der Waals surface area (Å²) >= 11 is 5.79. The Morgan fingerprint density at radius 2 is 2.24 bits per heavy atom. The lowest BCUT2D eigenvalue weighted by Crippen LogP contribution is -2.34. The molecule has 0 spiro atoms. The van der Waals surface area contributed by atoms with Crippen molar-refractivity contribution in [1.29, 1.82) is 0 Å². The molecule has 94 valence electrons. The minimum Gasteiger partial charge on any atom is -0.321 e. The van der Waals surface area contributed by atoms with Crippen LogP contribution >= 0.6 is 11.6 Å². The zero-order valence-corrected chi connectivity index (χ0v) is 10.6. The van der Waals surface area contributed by atoms with E-state index in [1.54, 1.807) is 0 Å². The van der Waals surface area contributed by atoms with E-state index < -0.39 is 5.82 Å². The van der Waals surface area contributed by atoms with E-state index in [-0.39, 0.29) is 29.2 Å². The lowest BCUT2D eigenvalue weighted by Gasteiger charge is -2.12. The molecule has 17 heavy (non-hydrogen) atoms. The van der Waals surface area contributed by atoms with Crippen molar-refractivity contribution in [1.82, 2.24) is 5.32 Å². The van der Waals surface area contributed by atoms with Gasteiger partial charge < -0.3 is 10.6 Å².